The minimum absolute atomic E-state index is 0.000778. The number of carboxylic acids is 1. The molecule has 1 aromatic heterocycles. The van der Waals surface area contributed by atoms with Crippen molar-refractivity contribution in [2.75, 3.05) is 19.0 Å². The lowest BCUT2D eigenvalue weighted by Crippen LogP contribution is -2.42. The van der Waals surface area contributed by atoms with E-state index in [9.17, 15) is 45.4 Å². The van der Waals surface area contributed by atoms with Crippen LogP contribution >= 0.6 is 0 Å². The van der Waals surface area contributed by atoms with E-state index in [2.05, 4.69) is 4.98 Å². The van der Waals surface area contributed by atoms with Gasteiger partial charge in [0.15, 0.2) is 0 Å². The number of aliphatic carboxylic acids is 1. The Morgan fingerprint density at radius 3 is 1.98 bits per heavy atom. The lowest BCUT2D eigenvalue weighted by Gasteiger charge is -2.32. The summed E-state index contributed by atoms with van der Waals surface area (Å²) in [5, 5.41) is 9.55. The largest absolute Gasteiger partial charge is 0.480 e. The molecular weight excluding hydrogens is 595 g/mol. The molecular formula is C31H30F7N3O3. The number of aryl methyl sites for hydroxylation is 1. The Morgan fingerprint density at radius 2 is 1.48 bits per heavy atom. The number of anilines is 1. The lowest BCUT2D eigenvalue weighted by molar-refractivity contribution is -0.144. The zero-order valence-corrected chi connectivity index (χ0v) is 24.4. The molecule has 44 heavy (non-hydrogen) atoms. The summed E-state index contributed by atoms with van der Waals surface area (Å²) in [6.45, 7) is 4.09. The van der Waals surface area contributed by atoms with E-state index in [4.69, 9.17) is 0 Å². The predicted octanol–water partition coefficient (Wildman–Crippen LogP) is 7.39. The van der Waals surface area contributed by atoms with Crippen molar-refractivity contribution in [1.29, 1.82) is 0 Å². The maximum Gasteiger partial charge on any atom is 0.416 e. The first-order valence-corrected chi connectivity index (χ1v) is 13.5. The van der Waals surface area contributed by atoms with Crippen molar-refractivity contribution in [2.45, 2.75) is 63.5 Å². The first-order chi connectivity index (χ1) is 20.2. The fourth-order valence-electron chi connectivity index (χ4n) is 5.62. The summed E-state index contributed by atoms with van der Waals surface area (Å²) in [6, 6.07) is 5.53. The summed E-state index contributed by atoms with van der Waals surface area (Å²) in [5.74, 6) is -2.33. The summed E-state index contributed by atoms with van der Waals surface area (Å²) in [5.41, 5.74) is -3.43. The van der Waals surface area contributed by atoms with E-state index in [0.29, 0.717) is 47.4 Å². The van der Waals surface area contributed by atoms with Gasteiger partial charge in [-0.05, 0) is 93.7 Å². The van der Waals surface area contributed by atoms with Crippen LogP contribution in [-0.4, -0.2) is 47.0 Å². The number of aromatic nitrogens is 1. The molecule has 1 saturated heterocycles. The predicted molar refractivity (Wildman–Crippen MR) is 148 cm³/mol. The van der Waals surface area contributed by atoms with Crippen LogP contribution in [0.4, 0.5) is 36.4 Å². The molecule has 0 radical (unpaired) electrons. The molecule has 1 fully saturated rings. The first-order valence-electron chi connectivity index (χ1n) is 13.5. The van der Waals surface area contributed by atoms with Gasteiger partial charge in [0.1, 0.15) is 11.9 Å². The van der Waals surface area contributed by atoms with E-state index in [0.717, 1.165) is 4.90 Å². The highest BCUT2D eigenvalue weighted by Gasteiger charge is 2.42. The van der Waals surface area contributed by atoms with Gasteiger partial charge in [-0.15, -0.1) is 0 Å². The molecule has 1 aliphatic heterocycles. The Kier molecular flexibility index (Phi) is 8.59. The van der Waals surface area contributed by atoms with Crippen LogP contribution < -0.4 is 4.90 Å². The number of alkyl halides is 6. The number of hydrogen-bond acceptors (Lipinski definition) is 4. The molecule has 2 atom stereocenters. The lowest BCUT2D eigenvalue weighted by atomic mass is 9.81. The average Bonchev–Trinajstić information content (AvgIpc) is 3.32. The number of carbonyl (C=O) groups is 2. The Balaban J connectivity index is 1.83. The number of nitrogens with zero attached hydrogens (tertiary/aromatic N) is 3. The molecule has 0 unspecified atom stereocenters. The molecule has 0 spiro atoms. The van der Waals surface area contributed by atoms with Gasteiger partial charge >= 0.3 is 18.3 Å². The van der Waals surface area contributed by atoms with Gasteiger partial charge < -0.3 is 10.0 Å². The molecule has 4 rings (SSSR count). The van der Waals surface area contributed by atoms with Crippen molar-refractivity contribution in [2.24, 2.45) is 0 Å². The second-order valence-electron chi connectivity index (χ2n) is 11.5. The van der Waals surface area contributed by atoms with E-state index < -0.39 is 64.2 Å². The van der Waals surface area contributed by atoms with E-state index >= 15 is 0 Å². The van der Waals surface area contributed by atoms with Crippen LogP contribution in [0.2, 0.25) is 0 Å². The number of halogens is 7. The summed E-state index contributed by atoms with van der Waals surface area (Å²) in [4.78, 5) is 32.8. The van der Waals surface area contributed by atoms with E-state index in [1.165, 1.54) is 45.3 Å². The van der Waals surface area contributed by atoms with Crippen LogP contribution in [0, 0.1) is 12.7 Å². The van der Waals surface area contributed by atoms with Crippen molar-refractivity contribution in [3.63, 3.8) is 0 Å². The highest BCUT2D eigenvalue weighted by atomic mass is 19.4. The van der Waals surface area contributed by atoms with Crippen molar-refractivity contribution in [3.05, 3.63) is 82.4 Å². The van der Waals surface area contributed by atoms with Crippen LogP contribution in [-0.2, 0) is 27.4 Å². The fraction of sp³-hybridized carbons (Fsp3) is 0.387. The van der Waals surface area contributed by atoms with Crippen LogP contribution in [0.15, 0.2) is 48.7 Å². The number of carboxylic acid groups (broad SMARTS) is 1. The number of carbonyl (C=O) groups excluding carboxylic acids is 1. The van der Waals surface area contributed by atoms with Gasteiger partial charge in [-0.1, -0.05) is 6.07 Å². The minimum atomic E-state index is -5.10. The van der Waals surface area contributed by atoms with E-state index in [-0.39, 0.29) is 11.8 Å². The highest BCUT2D eigenvalue weighted by Crippen LogP contribution is 2.42. The second-order valence-corrected chi connectivity index (χ2v) is 11.5. The van der Waals surface area contributed by atoms with Crippen molar-refractivity contribution < 1.29 is 45.4 Å². The molecule has 1 amide bonds. The molecule has 2 aromatic carbocycles. The van der Waals surface area contributed by atoms with Gasteiger partial charge in [0, 0.05) is 12.6 Å². The van der Waals surface area contributed by atoms with Gasteiger partial charge in [-0.3, -0.25) is 19.5 Å². The van der Waals surface area contributed by atoms with Crippen LogP contribution in [0.25, 0.3) is 11.1 Å². The Bertz CT molecular complexity index is 1570. The van der Waals surface area contributed by atoms with Crippen LogP contribution in [0.1, 0.15) is 60.7 Å². The number of likely N-dealkylation sites (tertiary alicyclic amines) is 1. The second kappa shape index (κ2) is 11.5. The number of likely N-dealkylation sites (N-methyl/N-ethyl adjacent to an activating group) is 2. The molecule has 0 bridgehead atoms. The molecule has 1 aliphatic rings. The van der Waals surface area contributed by atoms with E-state index in [1.54, 1.807) is 24.9 Å². The third kappa shape index (κ3) is 6.28. The summed E-state index contributed by atoms with van der Waals surface area (Å²) >= 11 is 0. The summed E-state index contributed by atoms with van der Waals surface area (Å²) in [7, 11) is 2.97. The fourth-order valence-corrected chi connectivity index (χ4v) is 5.62. The van der Waals surface area contributed by atoms with Crippen molar-refractivity contribution >= 4 is 17.6 Å². The van der Waals surface area contributed by atoms with Gasteiger partial charge in [0.05, 0.1) is 40.2 Å². The monoisotopic (exact) mass is 625 g/mol. The minimum Gasteiger partial charge on any atom is -0.480 e. The zero-order chi connectivity index (χ0) is 32.9. The normalized spacial score (nSPS) is 18.0. The Morgan fingerprint density at radius 1 is 0.909 bits per heavy atom. The van der Waals surface area contributed by atoms with Crippen molar-refractivity contribution in [3.8, 4) is 11.1 Å². The zero-order valence-electron chi connectivity index (χ0n) is 24.4. The number of rotatable bonds is 6. The summed E-state index contributed by atoms with van der Waals surface area (Å²) < 4.78 is 95.5. The van der Waals surface area contributed by atoms with Crippen LogP contribution in [0.5, 0.6) is 0 Å². The number of benzene rings is 2. The molecule has 1 N–H and O–H groups in total. The molecule has 0 aliphatic carbocycles. The topological polar surface area (TPSA) is 73.7 Å². The Labute approximate surface area is 249 Å². The first kappa shape index (κ1) is 32.9. The number of amides is 1. The van der Waals surface area contributed by atoms with Gasteiger partial charge in [-0.2, -0.15) is 26.3 Å². The summed E-state index contributed by atoms with van der Waals surface area (Å²) in [6.07, 6.45) is -8.01. The van der Waals surface area contributed by atoms with Crippen molar-refractivity contribution in [1.82, 2.24) is 9.88 Å². The molecule has 236 valence electrons. The van der Waals surface area contributed by atoms with Gasteiger partial charge in [0.25, 0.3) is 0 Å². The smallest absolute Gasteiger partial charge is 0.416 e. The van der Waals surface area contributed by atoms with E-state index in [1.807, 2.05) is 0 Å². The number of hydrogen-bond donors (Lipinski definition) is 1. The molecule has 3 aromatic rings. The maximum absolute atomic E-state index is 14.0. The average molecular weight is 626 g/mol. The SMILES string of the molecule is Cc1cc(F)ccc1-c1cc([C@@H]2CC[C@H](C(=O)O)N2C)ncc1N(C)C(=O)C(C)(C)c1cc(C(F)(F)F)cc(C(F)(F)F)c1. The number of pyridine rings is 1. The highest BCUT2D eigenvalue weighted by molar-refractivity contribution is 6.03. The molecule has 0 saturated carbocycles. The maximum atomic E-state index is 14.0. The molecule has 13 heteroatoms. The molecule has 2 heterocycles. The van der Waals surface area contributed by atoms with Gasteiger partial charge in [0.2, 0.25) is 5.91 Å². The Hall–Kier alpha value is -4.00. The molecule has 6 nitrogen and oxygen atoms in total. The van der Waals surface area contributed by atoms with Gasteiger partial charge in [-0.25, -0.2) is 4.39 Å². The standard InChI is InChI=1S/C31H30F7N3O3/c1-16-10-20(32)6-7-21(16)22-14-23(24-8-9-25(27(42)43)40(24)4)39-15-26(22)41(5)28(44)29(2,3)17-11-18(30(33,34)35)13-19(12-17)31(36,37)38/h6-7,10-15,24-25H,8-9H2,1-5H3,(H,42,43)/t24-,25+/m0/s1. The third-order valence-corrected chi connectivity index (χ3v) is 8.22. The third-order valence-electron chi connectivity index (χ3n) is 8.22. The quantitative estimate of drug-likeness (QED) is 0.289. The van der Waals surface area contributed by atoms with Crippen LogP contribution in [0.3, 0.4) is 0 Å².